The topological polar surface area (TPSA) is 156 Å². The van der Waals surface area contributed by atoms with E-state index < -0.39 is 31.0 Å². The van der Waals surface area contributed by atoms with Crippen LogP contribution in [0.3, 0.4) is 0 Å². The number of nitrogen functional groups attached to an aromatic ring is 2. The molecule has 0 aliphatic heterocycles. The molecule has 0 saturated heterocycles. The van der Waals surface area contributed by atoms with Crippen LogP contribution in [0.1, 0.15) is 5.56 Å². The Hall–Kier alpha value is -1.58. The van der Waals surface area contributed by atoms with Crippen molar-refractivity contribution in [3.63, 3.8) is 0 Å². The predicted molar refractivity (Wildman–Crippen MR) is 84.4 cm³/mol. The molecule has 0 amide bonds. The summed E-state index contributed by atoms with van der Waals surface area (Å²) < 4.78 is 0. The number of nitrogens with zero attached hydrogens (tertiary/aromatic N) is 1. The molecule has 1 aromatic carbocycles. The summed E-state index contributed by atoms with van der Waals surface area (Å²) >= 11 is 0. The molecule has 0 radical (unpaired) electrons. The molecule has 0 saturated carbocycles. The van der Waals surface area contributed by atoms with E-state index in [2.05, 4.69) is 0 Å². The third-order valence-electron chi connectivity index (χ3n) is 3.54. The van der Waals surface area contributed by atoms with E-state index in [1.54, 1.807) is 31.1 Å². The van der Waals surface area contributed by atoms with Gasteiger partial charge in [0.2, 0.25) is 0 Å². The number of aliphatic hydroxyl groups is 5. The number of rotatable bonds is 7. The van der Waals surface area contributed by atoms with Gasteiger partial charge in [-0.3, -0.25) is 0 Å². The highest BCUT2D eigenvalue weighted by atomic mass is 16.4. The maximum Gasteiger partial charge on any atom is 0.110 e. The maximum absolute atomic E-state index is 10.1. The van der Waals surface area contributed by atoms with Crippen molar-refractivity contribution in [1.82, 2.24) is 0 Å². The fourth-order valence-electron chi connectivity index (χ4n) is 2.31. The molecule has 0 spiro atoms. The van der Waals surface area contributed by atoms with Crippen LogP contribution in [0.25, 0.3) is 0 Å². The van der Waals surface area contributed by atoms with Crippen molar-refractivity contribution < 1.29 is 25.5 Å². The Kier molecular flexibility index (Phi) is 6.39. The van der Waals surface area contributed by atoms with Crippen LogP contribution in [-0.4, -0.2) is 70.7 Å². The predicted octanol–water partition coefficient (Wildman–Crippen LogP) is -2.10. The normalized spacial score (nSPS) is 16.9. The average molecular weight is 315 g/mol. The zero-order chi connectivity index (χ0) is 17.0. The Bertz CT molecular complexity index is 498. The molecule has 0 aromatic heterocycles. The van der Waals surface area contributed by atoms with Crippen LogP contribution in [0.15, 0.2) is 12.1 Å². The van der Waals surface area contributed by atoms with E-state index in [-0.39, 0.29) is 6.42 Å². The van der Waals surface area contributed by atoms with E-state index in [0.29, 0.717) is 22.6 Å². The van der Waals surface area contributed by atoms with E-state index in [1.807, 2.05) is 0 Å². The van der Waals surface area contributed by atoms with Crippen LogP contribution in [0.2, 0.25) is 0 Å². The lowest BCUT2D eigenvalue weighted by Crippen LogP contribution is -2.46. The van der Waals surface area contributed by atoms with Crippen LogP contribution in [-0.2, 0) is 6.42 Å². The molecule has 8 nitrogen and oxygen atoms in total. The monoisotopic (exact) mass is 315 g/mol. The smallest absolute Gasteiger partial charge is 0.110 e. The summed E-state index contributed by atoms with van der Waals surface area (Å²) in [6.45, 7) is -0.728. The van der Waals surface area contributed by atoms with E-state index in [4.69, 9.17) is 16.6 Å². The van der Waals surface area contributed by atoms with Crippen LogP contribution in [0, 0.1) is 0 Å². The number of hydrogen-bond acceptors (Lipinski definition) is 8. The molecule has 4 unspecified atom stereocenters. The van der Waals surface area contributed by atoms with Crippen molar-refractivity contribution in [3.05, 3.63) is 17.7 Å². The molecule has 4 atom stereocenters. The summed E-state index contributed by atoms with van der Waals surface area (Å²) in [6.07, 6.45) is -6.32. The number of benzene rings is 1. The molecular formula is C14H25N3O5. The molecule has 22 heavy (non-hydrogen) atoms. The zero-order valence-corrected chi connectivity index (χ0v) is 12.7. The molecule has 0 heterocycles. The van der Waals surface area contributed by atoms with Gasteiger partial charge in [0.15, 0.2) is 0 Å². The third kappa shape index (κ3) is 3.99. The molecule has 0 fully saturated rings. The Morgan fingerprint density at radius 2 is 1.45 bits per heavy atom. The Morgan fingerprint density at radius 1 is 0.955 bits per heavy atom. The van der Waals surface area contributed by atoms with Gasteiger partial charge in [0.25, 0.3) is 0 Å². The minimum atomic E-state index is -1.68. The highest BCUT2D eigenvalue weighted by Crippen LogP contribution is 2.32. The van der Waals surface area contributed by atoms with Gasteiger partial charge in [-0.2, -0.15) is 0 Å². The summed E-state index contributed by atoms with van der Waals surface area (Å²) in [6, 6.07) is 3.23. The molecule has 0 bridgehead atoms. The molecule has 1 aromatic rings. The fraction of sp³-hybridized carbons (Fsp3) is 0.571. The lowest BCUT2D eigenvalue weighted by atomic mass is 9.95. The van der Waals surface area contributed by atoms with Crippen LogP contribution < -0.4 is 16.4 Å². The first-order valence-corrected chi connectivity index (χ1v) is 6.88. The van der Waals surface area contributed by atoms with Gasteiger partial charge in [-0.25, -0.2) is 0 Å². The van der Waals surface area contributed by atoms with Gasteiger partial charge in [-0.1, -0.05) is 0 Å². The second-order valence-corrected chi connectivity index (χ2v) is 5.47. The van der Waals surface area contributed by atoms with Gasteiger partial charge in [-0.05, 0) is 12.1 Å². The summed E-state index contributed by atoms with van der Waals surface area (Å²) in [5.41, 5.74) is 13.8. The van der Waals surface area contributed by atoms with Gasteiger partial charge in [0.1, 0.15) is 18.3 Å². The molecule has 0 aliphatic rings. The Labute approximate surface area is 129 Å². The molecule has 1 rings (SSSR count). The van der Waals surface area contributed by atoms with Crippen molar-refractivity contribution in [1.29, 1.82) is 0 Å². The second-order valence-electron chi connectivity index (χ2n) is 5.47. The first-order valence-electron chi connectivity index (χ1n) is 6.88. The van der Waals surface area contributed by atoms with Crippen LogP contribution >= 0.6 is 0 Å². The number of nitrogens with two attached hydrogens (primary N) is 2. The van der Waals surface area contributed by atoms with Crippen molar-refractivity contribution in [2.75, 3.05) is 37.1 Å². The summed E-state index contributed by atoms with van der Waals surface area (Å²) in [4.78, 5) is 1.74. The highest BCUT2D eigenvalue weighted by Gasteiger charge is 2.31. The first-order chi connectivity index (χ1) is 10.2. The highest BCUT2D eigenvalue weighted by molar-refractivity contribution is 5.77. The molecular weight excluding hydrogens is 290 g/mol. The minimum absolute atomic E-state index is 0.0687. The first kappa shape index (κ1) is 18.5. The fourth-order valence-corrected chi connectivity index (χ4v) is 2.31. The minimum Gasteiger partial charge on any atom is -0.398 e. The Morgan fingerprint density at radius 3 is 1.95 bits per heavy atom. The van der Waals surface area contributed by atoms with Crippen molar-refractivity contribution in [2.45, 2.75) is 30.8 Å². The van der Waals surface area contributed by atoms with Gasteiger partial charge < -0.3 is 41.9 Å². The SMILES string of the molecule is CN(C)c1c(N)ccc(N)c1CC(O)C(O)C(O)C(O)CO. The van der Waals surface area contributed by atoms with Gasteiger partial charge in [0.05, 0.1) is 24.1 Å². The standard InChI is InChI=1S/C14H25N3O5/c1-17(2)12-7(8(15)3-4-9(12)16)5-10(19)13(21)14(22)11(20)6-18/h3-4,10-11,13-14,18-22H,5-6,15-16H2,1-2H3. The molecule has 8 heteroatoms. The van der Waals surface area contributed by atoms with E-state index in [9.17, 15) is 20.4 Å². The van der Waals surface area contributed by atoms with Gasteiger partial charge in [-0.15, -0.1) is 0 Å². The van der Waals surface area contributed by atoms with Crippen molar-refractivity contribution >= 4 is 17.1 Å². The molecule has 0 aliphatic carbocycles. The van der Waals surface area contributed by atoms with E-state index in [1.165, 1.54) is 0 Å². The maximum atomic E-state index is 10.1. The van der Waals surface area contributed by atoms with E-state index >= 15 is 0 Å². The number of hydrogen-bond donors (Lipinski definition) is 7. The zero-order valence-electron chi connectivity index (χ0n) is 12.7. The summed E-state index contributed by atoms with van der Waals surface area (Å²) in [5.74, 6) is 0. The molecule has 126 valence electrons. The van der Waals surface area contributed by atoms with Crippen molar-refractivity contribution in [2.24, 2.45) is 0 Å². The van der Waals surface area contributed by atoms with Gasteiger partial charge >= 0.3 is 0 Å². The summed E-state index contributed by atoms with van der Waals surface area (Å²) in [7, 11) is 3.53. The van der Waals surface area contributed by atoms with Crippen molar-refractivity contribution in [3.8, 4) is 0 Å². The van der Waals surface area contributed by atoms with Crippen LogP contribution in [0.4, 0.5) is 17.1 Å². The lowest BCUT2D eigenvalue weighted by molar-refractivity contribution is -0.114. The third-order valence-corrected chi connectivity index (χ3v) is 3.54. The van der Waals surface area contributed by atoms with Crippen LogP contribution in [0.5, 0.6) is 0 Å². The average Bonchev–Trinajstić information content (AvgIpc) is 2.47. The molecule has 9 N–H and O–H groups in total. The lowest BCUT2D eigenvalue weighted by Gasteiger charge is -2.28. The number of aliphatic hydroxyl groups excluding tert-OH is 5. The number of anilines is 3. The van der Waals surface area contributed by atoms with E-state index in [0.717, 1.165) is 0 Å². The van der Waals surface area contributed by atoms with Gasteiger partial charge in [0, 0.05) is 31.8 Å². The largest absolute Gasteiger partial charge is 0.398 e. The quantitative estimate of drug-likeness (QED) is 0.282. The Balaban J connectivity index is 3.02. The summed E-state index contributed by atoms with van der Waals surface area (Å²) in [5, 5.41) is 47.7. The second kappa shape index (κ2) is 7.61.